The zero-order valence-corrected chi connectivity index (χ0v) is 8.39. The Hall–Kier alpha value is 0.170. The second kappa shape index (κ2) is 5.92. The summed E-state index contributed by atoms with van der Waals surface area (Å²) in [5.41, 5.74) is 0.961. The third-order valence-electron chi connectivity index (χ3n) is 1.20. The van der Waals surface area contributed by atoms with E-state index in [0.29, 0.717) is 0 Å². The molecule has 2 heteroatoms. The topological polar surface area (TPSA) is 20.2 Å². The van der Waals surface area contributed by atoms with Gasteiger partial charge in [-0.2, -0.15) is 0 Å². The van der Waals surface area contributed by atoms with E-state index in [1.165, 1.54) is 0 Å². The number of halogens is 1. The molecule has 0 radical (unpaired) electrons. The fourth-order valence-electron chi connectivity index (χ4n) is 0.580. The molecule has 0 spiro atoms. The molecule has 0 aliphatic rings. The van der Waals surface area contributed by atoms with E-state index in [0.717, 1.165) is 22.0 Å². The molecule has 0 unspecified atom stereocenters. The molecule has 0 aromatic heterocycles. The normalized spacial score (nSPS) is 11.7. The van der Waals surface area contributed by atoms with Gasteiger partial charge >= 0.3 is 0 Å². The van der Waals surface area contributed by atoms with Crippen LogP contribution in [0, 0.1) is 0 Å². The molecule has 10 heavy (non-hydrogen) atoms. The van der Waals surface area contributed by atoms with Crippen LogP contribution in [0.3, 0.4) is 0 Å². The summed E-state index contributed by atoms with van der Waals surface area (Å²) >= 11 is 2.12. The van der Waals surface area contributed by atoms with Gasteiger partial charge in [0, 0.05) is 3.58 Å². The van der Waals surface area contributed by atoms with E-state index in [2.05, 4.69) is 36.1 Å². The molecule has 0 heterocycles. The molecule has 1 N–H and O–H groups in total. The lowest BCUT2D eigenvalue weighted by molar-refractivity contribution is 0.334. The highest BCUT2D eigenvalue weighted by Crippen LogP contribution is 2.15. The molecule has 0 aliphatic heterocycles. The lowest BCUT2D eigenvalue weighted by Crippen LogP contribution is -1.88. The molecule has 0 saturated heterocycles. The predicted octanol–water partition coefficient (Wildman–Crippen LogP) is 2.65. The van der Waals surface area contributed by atoms with Crippen molar-refractivity contribution in [3.05, 3.63) is 21.8 Å². The van der Waals surface area contributed by atoms with Crippen molar-refractivity contribution < 1.29 is 5.11 Å². The summed E-state index contributed by atoms with van der Waals surface area (Å²) in [7, 11) is 0. The number of allylic oxidation sites excluding steroid dienone is 1. The quantitative estimate of drug-likeness (QED) is 0.602. The Kier molecular flexibility index (Phi) is 6.02. The van der Waals surface area contributed by atoms with Gasteiger partial charge < -0.3 is 5.11 Å². The van der Waals surface area contributed by atoms with E-state index in [-0.39, 0.29) is 6.61 Å². The SMILES string of the molecule is C=C(I)/C(=C\CCC)CO. The largest absolute Gasteiger partial charge is 0.392 e. The van der Waals surface area contributed by atoms with E-state index in [1.807, 2.05) is 6.08 Å². The Labute approximate surface area is 76.0 Å². The molecule has 0 amide bonds. The monoisotopic (exact) mass is 252 g/mol. The van der Waals surface area contributed by atoms with Gasteiger partial charge in [0.05, 0.1) is 6.61 Å². The van der Waals surface area contributed by atoms with E-state index in [9.17, 15) is 0 Å². The highest BCUT2D eigenvalue weighted by molar-refractivity contribution is 14.1. The Morgan fingerprint density at radius 1 is 1.70 bits per heavy atom. The second-order valence-corrected chi connectivity index (χ2v) is 3.38. The molecule has 0 saturated carbocycles. The predicted molar refractivity (Wildman–Crippen MR) is 53.2 cm³/mol. The number of unbranched alkanes of at least 4 members (excludes halogenated alkanes) is 1. The van der Waals surface area contributed by atoms with Gasteiger partial charge in [0.1, 0.15) is 0 Å². The molecule has 1 nitrogen and oxygen atoms in total. The van der Waals surface area contributed by atoms with Crippen molar-refractivity contribution in [3.63, 3.8) is 0 Å². The Morgan fingerprint density at radius 2 is 2.30 bits per heavy atom. The summed E-state index contributed by atoms with van der Waals surface area (Å²) in [5, 5.41) is 8.79. The average Bonchev–Trinajstić information content (AvgIpc) is 1.89. The Bertz CT molecular complexity index is 138. The molecule has 0 atom stereocenters. The van der Waals surface area contributed by atoms with Crippen LogP contribution in [0.15, 0.2) is 21.8 Å². The van der Waals surface area contributed by atoms with E-state index in [4.69, 9.17) is 5.11 Å². The summed E-state index contributed by atoms with van der Waals surface area (Å²) in [6.45, 7) is 5.96. The number of aliphatic hydroxyl groups is 1. The maximum absolute atomic E-state index is 8.79. The summed E-state index contributed by atoms with van der Waals surface area (Å²) < 4.78 is 0.938. The van der Waals surface area contributed by atoms with Crippen molar-refractivity contribution >= 4 is 22.6 Å². The first-order chi connectivity index (χ1) is 4.72. The number of hydrogen-bond acceptors (Lipinski definition) is 1. The van der Waals surface area contributed by atoms with Gasteiger partial charge in [0.25, 0.3) is 0 Å². The number of hydrogen-bond donors (Lipinski definition) is 1. The van der Waals surface area contributed by atoms with Crippen LogP contribution in [0.2, 0.25) is 0 Å². The van der Waals surface area contributed by atoms with Crippen LogP contribution in [0.4, 0.5) is 0 Å². The summed E-state index contributed by atoms with van der Waals surface area (Å²) in [5.74, 6) is 0. The third kappa shape index (κ3) is 4.06. The smallest absolute Gasteiger partial charge is 0.0688 e. The molecule has 0 aromatic rings. The summed E-state index contributed by atoms with van der Waals surface area (Å²) in [6, 6.07) is 0. The first kappa shape index (κ1) is 10.2. The van der Waals surface area contributed by atoms with Crippen LogP contribution >= 0.6 is 22.6 Å². The average molecular weight is 252 g/mol. The van der Waals surface area contributed by atoms with Crippen LogP contribution in [0.5, 0.6) is 0 Å². The molecule has 58 valence electrons. The van der Waals surface area contributed by atoms with E-state index >= 15 is 0 Å². The van der Waals surface area contributed by atoms with Crippen molar-refractivity contribution in [3.8, 4) is 0 Å². The highest BCUT2D eigenvalue weighted by atomic mass is 127. The second-order valence-electron chi connectivity index (χ2n) is 2.08. The Morgan fingerprint density at radius 3 is 2.60 bits per heavy atom. The zero-order valence-electron chi connectivity index (χ0n) is 6.23. The van der Waals surface area contributed by atoms with Gasteiger partial charge in [-0.15, -0.1) is 0 Å². The number of aliphatic hydroxyl groups excluding tert-OH is 1. The maximum atomic E-state index is 8.79. The van der Waals surface area contributed by atoms with Gasteiger partial charge in [0.2, 0.25) is 0 Å². The third-order valence-corrected chi connectivity index (χ3v) is 1.89. The van der Waals surface area contributed by atoms with Gasteiger partial charge in [-0.25, -0.2) is 0 Å². The minimum absolute atomic E-state index is 0.113. The lowest BCUT2D eigenvalue weighted by Gasteiger charge is -1.99. The van der Waals surface area contributed by atoms with Crippen molar-refractivity contribution in [2.24, 2.45) is 0 Å². The Balaban J connectivity index is 3.91. The summed E-state index contributed by atoms with van der Waals surface area (Å²) in [4.78, 5) is 0. The molecular weight excluding hydrogens is 239 g/mol. The van der Waals surface area contributed by atoms with Crippen molar-refractivity contribution in [1.29, 1.82) is 0 Å². The van der Waals surface area contributed by atoms with Crippen LogP contribution in [0.1, 0.15) is 19.8 Å². The van der Waals surface area contributed by atoms with Crippen molar-refractivity contribution in [2.45, 2.75) is 19.8 Å². The van der Waals surface area contributed by atoms with E-state index < -0.39 is 0 Å². The summed E-state index contributed by atoms with van der Waals surface area (Å²) in [6.07, 6.45) is 4.18. The van der Waals surface area contributed by atoms with Gasteiger partial charge in [-0.1, -0.05) is 26.0 Å². The van der Waals surface area contributed by atoms with Crippen LogP contribution in [0.25, 0.3) is 0 Å². The van der Waals surface area contributed by atoms with Crippen molar-refractivity contribution in [1.82, 2.24) is 0 Å². The minimum atomic E-state index is 0.113. The first-order valence-corrected chi connectivity index (χ1v) is 4.45. The standard InChI is InChI=1S/C8H13IO/c1-3-4-5-8(6-10)7(2)9/h5,10H,2-4,6H2,1H3/b8-5-. The molecule has 0 bridgehead atoms. The maximum Gasteiger partial charge on any atom is 0.0688 e. The fraction of sp³-hybridized carbons (Fsp3) is 0.500. The van der Waals surface area contributed by atoms with Crippen LogP contribution in [-0.2, 0) is 0 Å². The van der Waals surface area contributed by atoms with Crippen LogP contribution < -0.4 is 0 Å². The molecule has 0 fully saturated rings. The lowest BCUT2D eigenvalue weighted by atomic mass is 10.2. The zero-order chi connectivity index (χ0) is 7.98. The first-order valence-electron chi connectivity index (χ1n) is 3.37. The van der Waals surface area contributed by atoms with Gasteiger partial charge in [-0.3, -0.25) is 0 Å². The minimum Gasteiger partial charge on any atom is -0.392 e. The highest BCUT2D eigenvalue weighted by Gasteiger charge is 1.94. The molecule has 0 rings (SSSR count). The molecular formula is C8H13IO. The fourth-order valence-corrected chi connectivity index (χ4v) is 0.970. The van der Waals surface area contributed by atoms with Gasteiger partial charge in [-0.05, 0) is 34.6 Å². The van der Waals surface area contributed by atoms with Crippen molar-refractivity contribution in [2.75, 3.05) is 6.61 Å². The van der Waals surface area contributed by atoms with E-state index in [1.54, 1.807) is 0 Å². The molecule has 0 aliphatic carbocycles. The molecule has 0 aromatic carbocycles. The van der Waals surface area contributed by atoms with Crippen LogP contribution in [-0.4, -0.2) is 11.7 Å². The van der Waals surface area contributed by atoms with Gasteiger partial charge in [0.15, 0.2) is 0 Å². The number of rotatable bonds is 4.